The molecule has 0 radical (unpaired) electrons. The molecule has 2 rings (SSSR count). The Bertz CT molecular complexity index is 607. The number of carbonyl (C=O) groups excluding carboxylic acids is 1. The third-order valence-electron chi connectivity index (χ3n) is 3.18. The first-order chi connectivity index (χ1) is 9.47. The number of hydrogen-bond donors (Lipinski definition) is 2. The fraction of sp³-hybridized carbons (Fsp3) is 0.357. The lowest BCUT2D eigenvalue weighted by atomic mass is 9.99. The van der Waals surface area contributed by atoms with Crippen molar-refractivity contribution in [2.75, 3.05) is 12.8 Å². The third kappa shape index (κ3) is 3.14. The molecule has 0 aliphatic rings. The number of H-pyrrole nitrogens is 1. The first kappa shape index (κ1) is 14.0. The van der Waals surface area contributed by atoms with E-state index in [1.807, 2.05) is 32.0 Å². The minimum absolute atomic E-state index is 0.0121. The number of benzene rings is 1. The van der Waals surface area contributed by atoms with Crippen LogP contribution < -0.4 is 5.73 Å². The normalized spacial score (nSPS) is 12.2. The van der Waals surface area contributed by atoms with Gasteiger partial charge < -0.3 is 10.6 Å². The molecule has 1 aromatic carbocycles. The third-order valence-corrected chi connectivity index (χ3v) is 3.18. The van der Waals surface area contributed by atoms with Crippen LogP contribution in [0.15, 0.2) is 24.3 Å². The number of amides is 1. The van der Waals surface area contributed by atoms with Crippen LogP contribution in [-0.4, -0.2) is 33.0 Å². The first-order valence-corrected chi connectivity index (χ1v) is 6.45. The Balaban J connectivity index is 2.06. The van der Waals surface area contributed by atoms with E-state index in [2.05, 4.69) is 15.2 Å². The number of aryl methyl sites for hydroxylation is 1. The predicted octanol–water partition coefficient (Wildman–Crippen LogP) is 1.46. The van der Waals surface area contributed by atoms with Gasteiger partial charge in [-0.25, -0.2) is 4.98 Å². The first-order valence-electron chi connectivity index (χ1n) is 6.45. The van der Waals surface area contributed by atoms with Gasteiger partial charge in [-0.2, -0.15) is 5.10 Å². The van der Waals surface area contributed by atoms with Crippen LogP contribution >= 0.6 is 0 Å². The molecule has 0 saturated carbocycles. The maximum absolute atomic E-state index is 12.4. The van der Waals surface area contributed by atoms with Gasteiger partial charge in [0.25, 0.3) is 0 Å². The topological polar surface area (TPSA) is 87.9 Å². The van der Waals surface area contributed by atoms with Crippen LogP contribution in [0.25, 0.3) is 0 Å². The Morgan fingerprint density at radius 3 is 2.85 bits per heavy atom. The molecule has 0 saturated heterocycles. The summed E-state index contributed by atoms with van der Waals surface area (Å²) >= 11 is 0. The summed E-state index contributed by atoms with van der Waals surface area (Å²) < 4.78 is 0. The molecule has 1 amide bonds. The van der Waals surface area contributed by atoms with E-state index in [-0.39, 0.29) is 11.8 Å². The molecule has 0 spiro atoms. The van der Waals surface area contributed by atoms with Crippen LogP contribution in [0.4, 0.5) is 5.69 Å². The van der Waals surface area contributed by atoms with Gasteiger partial charge in [-0.05, 0) is 31.5 Å². The van der Waals surface area contributed by atoms with Gasteiger partial charge in [0.05, 0.1) is 12.5 Å². The van der Waals surface area contributed by atoms with Gasteiger partial charge in [0.2, 0.25) is 5.91 Å². The second-order valence-electron chi connectivity index (χ2n) is 4.92. The monoisotopic (exact) mass is 273 g/mol. The molecule has 1 atom stereocenters. The summed E-state index contributed by atoms with van der Waals surface area (Å²) in [5, 5.41) is 6.80. The average Bonchev–Trinajstić information content (AvgIpc) is 2.82. The summed E-state index contributed by atoms with van der Waals surface area (Å²) in [7, 11) is 1.75. The van der Waals surface area contributed by atoms with E-state index in [1.54, 1.807) is 18.0 Å². The van der Waals surface area contributed by atoms with Crippen LogP contribution in [0.1, 0.15) is 30.1 Å². The molecule has 0 aliphatic heterocycles. The van der Waals surface area contributed by atoms with Gasteiger partial charge in [0.1, 0.15) is 5.82 Å². The molecule has 6 nitrogen and oxygen atoms in total. The SMILES string of the molecule is Cc1nc(CN(C)C(=O)C(C)c2cccc(N)c2)n[nH]1. The van der Waals surface area contributed by atoms with Crippen LogP contribution in [-0.2, 0) is 11.3 Å². The van der Waals surface area contributed by atoms with E-state index in [1.165, 1.54) is 0 Å². The summed E-state index contributed by atoms with van der Waals surface area (Å²) in [6.07, 6.45) is 0. The van der Waals surface area contributed by atoms with Crippen LogP contribution in [0.2, 0.25) is 0 Å². The Morgan fingerprint density at radius 2 is 2.25 bits per heavy atom. The molecule has 0 bridgehead atoms. The molecule has 20 heavy (non-hydrogen) atoms. The second-order valence-corrected chi connectivity index (χ2v) is 4.92. The van der Waals surface area contributed by atoms with Gasteiger partial charge in [0.15, 0.2) is 5.82 Å². The minimum Gasteiger partial charge on any atom is -0.399 e. The van der Waals surface area contributed by atoms with Gasteiger partial charge >= 0.3 is 0 Å². The summed E-state index contributed by atoms with van der Waals surface area (Å²) in [6.45, 7) is 4.08. The highest BCUT2D eigenvalue weighted by Gasteiger charge is 2.20. The van der Waals surface area contributed by atoms with E-state index < -0.39 is 0 Å². The number of aromatic nitrogens is 3. The number of aromatic amines is 1. The zero-order valence-corrected chi connectivity index (χ0v) is 11.9. The number of nitrogens with one attached hydrogen (secondary N) is 1. The average molecular weight is 273 g/mol. The standard InChI is InChI=1S/C14H19N5O/c1-9(11-5-4-6-12(15)7-11)14(20)19(3)8-13-16-10(2)17-18-13/h4-7,9H,8,15H2,1-3H3,(H,16,17,18). The Labute approximate surface area is 118 Å². The second kappa shape index (κ2) is 5.73. The van der Waals surface area contributed by atoms with Gasteiger partial charge in [0, 0.05) is 12.7 Å². The highest BCUT2D eigenvalue weighted by atomic mass is 16.2. The number of carbonyl (C=O) groups is 1. The molecule has 1 heterocycles. The maximum atomic E-state index is 12.4. The van der Waals surface area contributed by atoms with Gasteiger partial charge in [-0.15, -0.1) is 0 Å². The molecule has 1 aromatic heterocycles. The van der Waals surface area contributed by atoms with E-state index in [9.17, 15) is 4.79 Å². The minimum atomic E-state index is -0.247. The summed E-state index contributed by atoms with van der Waals surface area (Å²) in [6, 6.07) is 7.39. The zero-order chi connectivity index (χ0) is 14.7. The molecule has 106 valence electrons. The molecule has 1 unspecified atom stereocenters. The lowest BCUT2D eigenvalue weighted by molar-refractivity contribution is -0.131. The highest BCUT2D eigenvalue weighted by Crippen LogP contribution is 2.20. The van der Waals surface area contributed by atoms with Crippen molar-refractivity contribution in [1.82, 2.24) is 20.1 Å². The van der Waals surface area contributed by atoms with Crippen LogP contribution in [0.5, 0.6) is 0 Å². The smallest absolute Gasteiger partial charge is 0.229 e. The number of rotatable bonds is 4. The van der Waals surface area contributed by atoms with E-state index in [0.29, 0.717) is 18.1 Å². The molecule has 0 fully saturated rings. The van der Waals surface area contributed by atoms with Gasteiger partial charge in [-0.3, -0.25) is 9.89 Å². The zero-order valence-electron chi connectivity index (χ0n) is 11.9. The number of nitrogens with zero attached hydrogens (tertiary/aromatic N) is 3. The molecular weight excluding hydrogens is 254 g/mol. The summed E-state index contributed by atoms with van der Waals surface area (Å²) in [4.78, 5) is 18.2. The van der Waals surface area contributed by atoms with Gasteiger partial charge in [-0.1, -0.05) is 12.1 Å². The lowest BCUT2D eigenvalue weighted by Gasteiger charge is -2.20. The molecule has 0 aliphatic carbocycles. The lowest BCUT2D eigenvalue weighted by Crippen LogP contribution is -2.30. The van der Waals surface area contributed by atoms with Crippen molar-refractivity contribution in [3.05, 3.63) is 41.5 Å². The number of hydrogen-bond acceptors (Lipinski definition) is 4. The van der Waals surface area contributed by atoms with Crippen molar-refractivity contribution in [2.24, 2.45) is 0 Å². The quantitative estimate of drug-likeness (QED) is 0.825. The van der Waals surface area contributed by atoms with E-state index in [0.717, 1.165) is 11.4 Å². The van der Waals surface area contributed by atoms with E-state index >= 15 is 0 Å². The van der Waals surface area contributed by atoms with Crippen molar-refractivity contribution in [3.8, 4) is 0 Å². The fourth-order valence-electron chi connectivity index (χ4n) is 2.05. The summed E-state index contributed by atoms with van der Waals surface area (Å²) in [5.74, 6) is 1.12. The number of nitrogens with two attached hydrogens (primary N) is 1. The summed E-state index contributed by atoms with van der Waals surface area (Å²) in [5.41, 5.74) is 7.32. The molecule has 2 aromatic rings. The Morgan fingerprint density at radius 1 is 1.50 bits per heavy atom. The van der Waals surface area contributed by atoms with Crippen molar-refractivity contribution >= 4 is 11.6 Å². The number of nitrogen functional groups attached to an aromatic ring is 1. The van der Waals surface area contributed by atoms with E-state index in [4.69, 9.17) is 5.73 Å². The van der Waals surface area contributed by atoms with Crippen molar-refractivity contribution in [3.63, 3.8) is 0 Å². The number of likely N-dealkylation sites (N-methyl/N-ethyl adjacent to an activating group) is 1. The van der Waals surface area contributed by atoms with Crippen LogP contribution in [0, 0.1) is 6.92 Å². The molecular formula is C14H19N5O. The Hall–Kier alpha value is -2.37. The Kier molecular flexibility index (Phi) is 4.02. The molecule has 6 heteroatoms. The van der Waals surface area contributed by atoms with Crippen molar-refractivity contribution in [2.45, 2.75) is 26.3 Å². The van der Waals surface area contributed by atoms with Crippen LogP contribution in [0.3, 0.4) is 0 Å². The van der Waals surface area contributed by atoms with Crippen molar-refractivity contribution < 1.29 is 4.79 Å². The maximum Gasteiger partial charge on any atom is 0.229 e. The van der Waals surface area contributed by atoms with Crippen molar-refractivity contribution in [1.29, 1.82) is 0 Å². The largest absolute Gasteiger partial charge is 0.399 e. The number of anilines is 1. The fourth-order valence-corrected chi connectivity index (χ4v) is 2.05. The predicted molar refractivity (Wildman–Crippen MR) is 76.9 cm³/mol. The molecule has 3 N–H and O–H groups in total. The highest BCUT2D eigenvalue weighted by molar-refractivity contribution is 5.83.